The minimum Gasteiger partial charge on any atom is -0.467 e. The van der Waals surface area contributed by atoms with E-state index in [1.165, 1.54) is 7.11 Å². The highest BCUT2D eigenvalue weighted by molar-refractivity contribution is 6.00. The predicted molar refractivity (Wildman–Crippen MR) is 73.9 cm³/mol. The van der Waals surface area contributed by atoms with Crippen molar-refractivity contribution in [3.63, 3.8) is 0 Å². The topological polar surface area (TPSA) is 62.6 Å². The highest BCUT2D eigenvalue weighted by Gasteiger charge is 2.21. The molecule has 0 amide bonds. The normalized spacial score (nSPS) is 10.8. The van der Waals surface area contributed by atoms with E-state index in [2.05, 4.69) is 4.98 Å². The molecule has 0 unspecified atom stereocenters. The lowest BCUT2D eigenvalue weighted by molar-refractivity contribution is 0.0438. The fraction of sp³-hybridized carbons (Fsp3) is 0.429. The molecule has 0 saturated carbocycles. The van der Waals surface area contributed by atoms with Gasteiger partial charge < -0.3 is 18.8 Å². The number of hydrogen-bond donors (Lipinski definition) is 0. The van der Waals surface area contributed by atoms with Gasteiger partial charge in [0.25, 0.3) is 0 Å². The molecule has 1 aromatic carbocycles. The van der Waals surface area contributed by atoms with E-state index in [4.69, 9.17) is 14.2 Å². The highest BCUT2D eigenvalue weighted by atomic mass is 16.7. The van der Waals surface area contributed by atoms with Crippen molar-refractivity contribution in [3.8, 4) is 5.75 Å². The maximum atomic E-state index is 12.1. The van der Waals surface area contributed by atoms with Crippen LogP contribution < -0.4 is 4.74 Å². The Hall–Kier alpha value is -2.08. The second-order valence-corrected chi connectivity index (χ2v) is 4.37. The fourth-order valence-corrected chi connectivity index (χ4v) is 2.09. The number of carbonyl (C=O) groups excluding carboxylic acids is 1. The molecule has 0 atom stereocenters. The number of hydrogen-bond acceptors (Lipinski definition) is 5. The first-order valence-corrected chi connectivity index (χ1v) is 6.33. The summed E-state index contributed by atoms with van der Waals surface area (Å²) in [4.78, 5) is 16.4. The number of nitrogens with zero attached hydrogens (tertiary/aromatic N) is 2. The molecule has 6 heteroatoms. The molecule has 1 heterocycles. The van der Waals surface area contributed by atoms with Crippen LogP contribution in [0, 0.1) is 6.92 Å². The van der Waals surface area contributed by atoms with E-state index in [9.17, 15) is 4.79 Å². The van der Waals surface area contributed by atoms with Gasteiger partial charge in [-0.05, 0) is 19.4 Å². The van der Waals surface area contributed by atoms with Crippen LogP contribution in [0.2, 0.25) is 0 Å². The molecule has 6 nitrogen and oxygen atoms in total. The number of esters is 1. The van der Waals surface area contributed by atoms with Crippen LogP contribution in [0.25, 0.3) is 11.0 Å². The molecular formula is C14H18N2O4. The molecule has 0 aliphatic carbocycles. The van der Waals surface area contributed by atoms with Gasteiger partial charge in [0.15, 0.2) is 6.79 Å². The number of aryl methyl sites for hydroxylation is 2. The summed E-state index contributed by atoms with van der Waals surface area (Å²) >= 11 is 0. The van der Waals surface area contributed by atoms with Gasteiger partial charge in [0, 0.05) is 20.2 Å². The number of benzene rings is 1. The first-order valence-electron chi connectivity index (χ1n) is 6.33. The fourth-order valence-electron chi connectivity index (χ4n) is 2.09. The summed E-state index contributed by atoms with van der Waals surface area (Å²) in [5.74, 6) is 0.0301. The summed E-state index contributed by atoms with van der Waals surface area (Å²) in [6.45, 7) is 3.97. The maximum absolute atomic E-state index is 12.1. The Morgan fingerprint density at radius 1 is 1.45 bits per heavy atom. The predicted octanol–water partition coefficient (Wildman–Crippen LogP) is 2.04. The molecule has 0 bridgehead atoms. The lowest BCUT2D eigenvalue weighted by atomic mass is 10.1. The Morgan fingerprint density at radius 3 is 2.85 bits per heavy atom. The van der Waals surface area contributed by atoms with E-state index < -0.39 is 5.97 Å². The number of imidazole rings is 1. The number of methoxy groups -OCH3 is 1. The average Bonchev–Trinajstić information content (AvgIpc) is 2.78. The molecule has 1 aromatic heterocycles. The van der Waals surface area contributed by atoms with Gasteiger partial charge in [0.2, 0.25) is 0 Å². The van der Waals surface area contributed by atoms with Gasteiger partial charge in [-0.2, -0.15) is 0 Å². The summed E-state index contributed by atoms with van der Waals surface area (Å²) in [5.41, 5.74) is 2.80. The highest BCUT2D eigenvalue weighted by Crippen LogP contribution is 2.30. The van der Waals surface area contributed by atoms with Gasteiger partial charge in [0.1, 0.15) is 11.3 Å². The van der Waals surface area contributed by atoms with Crippen LogP contribution in [0.3, 0.4) is 0 Å². The van der Waals surface area contributed by atoms with Gasteiger partial charge >= 0.3 is 5.97 Å². The Kier molecular flexibility index (Phi) is 4.24. The Balaban J connectivity index is 2.61. The molecule has 0 fully saturated rings. The van der Waals surface area contributed by atoms with E-state index >= 15 is 0 Å². The molecule has 0 aliphatic rings. The number of rotatable bonds is 5. The number of fused-ring (bicyclic) bond motifs is 1. The molecule has 0 aliphatic heterocycles. The number of aromatic nitrogens is 2. The SMILES string of the molecule is CCOC(=O)c1c(OCOC)cc2c(ncn2C)c1C. The van der Waals surface area contributed by atoms with Crippen LogP contribution in [-0.4, -0.2) is 36.0 Å². The van der Waals surface area contributed by atoms with E-state index in [0.717, 1.165) is 16.6 Å². The maximum Gasteiger partial charge on any atom is 0.342 e. The van der Waals surface area contributed by atoms with Crippen LogP contribution in [-0.2, 0) is 16.5 Å². The lowest BCUT2D eigenvalue weighted by Crippen LogP contribution is -2.11. The second-order valence-electron chi connectivity index (χ2n) is 4.37. The minimum atomic E-state index is -0.413. The Bertz CT molecular complexity index is 634. The smallest absolute Gasteiger partial charge is 0.342 e. The third kappa shape index (κ3) is 2.46. The van der Waals surface area contributed by atoms with Crippen LogP contribution >= 0.6 is 0 Å². The molecular weight excluding hydrogens is 260 g/mol. The molecule has 20 heavy (non-hydrogen) atoms. The van der Waals surface area contributed by atoms with Crippen molar-refractivity contribution >= 4 is 17.0 Å². The van der Waals surface area contributed by atoms with Crippen molar-refractivity contribution in [2.45, 2.75) is 13.8 Å². The molecule has 108 valence electrons. The molecule has 0 spiro atoms. The van der Waals surface area contributed by atoms with Crippen molar-refractivity contribution in [2.24, 2.45) is 7.05 Å². The van der Waals surface area contributed by atoms with E-state index in [1.807, 2.05) is 18.5 Å². The zero-order chi connectivity index (χ0) is 14.7. The van der Waals surface area contributed by atoms with Crippen LogP contribution in [0.5, 0.6) is 5.75 Å². The first-order chi connectivity index (χ1) is 9.60. The molecule has 2 rings (SSSR count). The summed E-state index contributed by atoms with van der Waals surface area (Å²) in [6, 6.07) is 1.78. The second kappa shape index (κ2) is 5.92. The largest absolute Gasteiger partial charge is 0.467 e. The molecule has 0 radical (unpaired) electrons. The first kappa shape index (κ1) is 14.3. The third-order valence-corrected chi connectivity index (χ3v) is 3.04. The molecule has 2 aromatic rings. The van der Waals surface area contributed by atoms with Gasteiger partial charge in [-0.1, -0.05) is 0 Å². The Labute approximate surface area is 117 Å². The standard InChI is InChI=1S/C14H18N2O4/c1-5-19-14(17)12-9(2)13-10(16(3)7-15-13)6-11(12)20-8-18-4/h6-7H,5,8H2,1-4H3. The van der Waals surface area contributed by atoms with Crippen LogP contribution in [0.1, 0.15) is 22.8 Å². The van der Waals surface area contributed by atoms with Crippen molar-refractivity contribution in [3.05, 3.63) is 23.5 Å². The summed E-state index contributed by atoms with van der Waals surface area (Å²) in [5, 5.41) is 0. The van der Waals surface area contributed by atoms with Crippen molar-refractivity contribution in [2.75, 3.05) is 20.5 Å². The van der Waals surface area contributed by atoms with Gasteiger partial charge in [-0.3, -0.25) is 0 Å². The molecule has 0 N–H and O–H groups in total. The Morgan fingerprint density at radius 2 is 2.20 bits per heavy atom. The zero-order valence-electron chi connectivity index (χ0n) is 12.1. The third-order valence-electron chi connectivity index (χ3n) is 3.04. The van der Waals surface area contributed by atoms with E-state index in [1.54, 1.807) is 19.3 Å². The summed E-state index contributed by atoms with van der Waals surface area (Å²) in [6.07, 6.45) is 1.70. The van der Waals surface area contributed by atoms with Crippen molar-refractivity contribution < 1.29 is 19.0 Å². The molecule has 0 saturated heterocycles. The zero-order valence-corrected chi connectivity index (χ0v) is 12.1. The number of carbonyl (C=O) groups is 1. The van der Waals surface area contributed by atoms with Crippen LogP contribution in [0.15, 0.2) is 12.4 Å². The summed E-state index contributed by atoms with van der Waals surface area (Å²) < 4.78 is 17.4. The number of ether oxygens (including phenoxy) is 3. The lowest BCUT2D eigenvalue weighted by Gasteiger charge is -2.13. The quantitative estimate of drug-likeness (QED) is 0.618. The average molecular weight is 278 g/mol. The van der Waals surface area contributed by atoms with Crippen LogP contribution in [0.4, 0.5) is 0 Å². The minimum absolute atomic E-state index is 0.0647. The van der Waals surface area contributed by atoms with E-state index in [-0.39, 0.29) is 6.79 Å². The monoisotopic (exact) mass is 278 g/mol. The summed E-state index contributed by atoms with van der Waals surface area (Å²) in [7, 11) is 3.42. The van der Waals surface area contributed by atoms with Gasteiger partial charge in [-0.25, -0.2) is 9.78 Å². The van der Waals surface area contributed by atoms with E-state index in [0.29, 0.717) is 17.9 Å². The van der Waals surface area contributed by atoms with Gasteiger partial charge in [0.05, 0.1) is 24.0 Å². The van der Waals surface area contributed by atoms with Crippen molar-refractivity contribution in [1.29, 1.82) is 0 Å². The van der Waals surface area contributed by atoms with Crippen molar-refractivity contribution in [1.82, 2.24) is 9.55 Å². The van der Waals surface area contributed by atoms with Gasteiger partial charge in [-0.15, -0.1) is 0 Å².